The third kappa shape index (κ3) is 6.99. The van der Waals surface area contributed by atoms with E-state index in [-0.39, 0.29) is 24.5 Å². The van der Waals surface area contributed by atoms with Crippen molar-refractivity contribution < 1.29 is 41.9 Å². The van der Waals surface area contributed by atoms with Gasteiger partial charge in [-0.2, -0.15) is 0 Å². The Morgan fingerprint density at radius 1 is 1.18 bits per heavy atom. The van der Waals surface area contributed by atoms with Crippen LogP contribution in [0.4, 0.5) is 13.2 Å². The Morgan fingerprint density at radius 2 is 1.94 bits per heavy atom. The molecule has 0 unspecified atom stereocenters. The van der Waals surface area contributed by atoms with Crippen molar-refractivity contribution in [3.8, 4) is 22.8 Å². The molecule has 0 aliphatic carbocycles. The van der Waals surface area contributed by atoms with Gasteiger partial charge in [-0.3, -0.25) is 4.79 Å². The van der Waals surface area contributed by atoms with E-state index in [0.29, 0.717) is 34.7 Å². The summed E-state index contributed by atoms with van der Waals surface area (Å²) in [6.45, 7) is 2.03. The molecule has 0 amide bonds. The fourth-order valence-corrected chi connectivity index (χ4v) is 2.82. The Labute approximate surface area is 186 Å². The number of benzene rings is 2. The van der Waals surface area contributed by atoms with E-state index >= 15 is 0 Å². The molecule has 0 aliphatic rings. The predicted octanol–water partition coefficient (Wildman–Crippen LogP) is 4.82. The molecule has 11 heteroatoms. The van der Waals surface area contributed by atoms with E-state index in [1.165, 1.54) is 18.3 Å². The molecule has 0 saturated carbocycles. The number of nitrogens with zero attached hydrogens (tertiary/aromatic N) is 2. The second-order valence-corrected chi connectivity index (χ2v) is 6.60. The molecular formula is C22H19F3N2O6. The van der Waals surface area contributed by atoms with E-state index in [1.807, 2.05) is 0 Å². The van der Waals surface area contributed by atoms with E-state index in [2.05, 4.69) is 15.0 Å². The minimum Gasteiger partial charge on any atom is -0.487 e. The normalized spacial score (nSPS) is 11.5. The molecular weight excluding hydrogens is 445 g/mol. The van der Waals surface area contributed by atoms with E-state index in [0.717, 1.165) is 12.1 Å². The number of hydrogen-bond acceptors (Lipinski definition) is 7. The maximum Gasteiger partial charge on any atom is 0.573 e. The Morgan fingerprint density at radius 3 is 2.61 bits per heavy atom. The highest BCUT2D eigenvalue weighted by Gasteiger charge is 2.31. The molecule has 0 saturated heterocycles. The van der Waals surface area contributed by atoms with Crippen LogP contribution in [-0.2, 0) is 22.7 Å². The predicted molar refractivity (Wildman–Crippen MR) is 110 cm³/mol. The fraction of sp³-hybridized carbons (Fsp3) is 0.227. The largest absolute Gasteiger partial charge is 0.573 e. The first-order chi connectivity index (χ1) is 15.7. The van der Waals surface area contributed by atoms with Crippen LogP contribution in [0.5, 0.6) is 11.5 Å². The molecule has 174 valence electrons. The number of halogens is 3. The lowest BCUT2D eigenvalue weighted by Gasteiger charge is -2.09. The Hall–Kier alpha value is -4.02. The summed E-state index contributed by atoms with van der Waals surface area (Å²) in [5.41, 5.74) is 1.77. The minimum atomic E-state index is -4.80. The zero-order valence-electron chi connectivity index (χ0n) is 17.3. The first-order valence-corrected chi connectivity index (χ1v) is 9.68. The van der Waals surface area contributed by atoms with Gasteiger partial charge in [0.2, 0.25) is 0 Å². The lowest BCUT2D eigenvalue weighted by Crippen LogP contribution is -2.16. The van der Waals surface area contributed by atoms with E-state index in [4.69, 9.17) is 19.2 Å². The fourth-order valence-electron chi connectivity index (χ4n) is 2.82. The van der Waals surface area contributed by atoms with Crippen LogP contribution in [0.2, 0.25) is 0 Å². The van der Waals surface area contributed by atoms with Crippen LogP contribution in [0.1, 0.15) is 23.7 Å². The number of rotatable bonds is 10. The summed E-state index contributed by atoms with van der Waals surface area (Å²) in [7, 11) is 0. The average molecular weight is 464 g/mol. The van der Waals surface area contributed by atoms with Crippen molar-refractivity contribution >= 4 is 12.2 Å². The van der Waals surface area contributed by atoms with Crippen molar-refractivity contribution in [3.63, 3.8) is 0 Å². The maximum atomic E-state index is 12.4. The number of aromatic nitrogens is 1. The number of carbonyl (C=O) groups is 1. The molecule has 33 heavy (non-hydrogen) atoms. The highest BCUT2D eigenvalue weighted by atomic mass is 19.4. The van der Waals surface area contributed by atoms with Crippen LogP contribution in [-0.4, -0.2) is 35.4 Å². The monoisotopic (exact) mass is 464 g/mol. The zero-order valence-corrected chi connectivity index (χ0v) is 17.3. The summed E-state index contributed by atoms with van der Waals surface area (Å²) in [6, 6.07) is 11.7. The van der Waals surface area contributed by atoms with Crippen molar-refractivity contribution in [2.75, 3.05) is 6.61 Å². The standard InChI is InChI=1S/C22H19F3N2O6/c1-2-31-26-12-18-19(13-30-17-5-3-4-14(10-17)11-20(28)29)27-33-21(18)15-6-8-16(9-7-15)32-22(23,24)25/h3-10,12H,2,11,13H2,1H3,(H,28,29)/b26-12+. The molecule has 0 fully saturated rings. The third-order valence-electron chi connectivity index (χ3n) is 4.17. The number of carboxylic acids is 1. The molecule has 1 heterocycles. The Bertz CT molecular complexity index is 1110. The van der Waals surface area contributed by atoms with Gasteiger partial charge in [0.15, 0.2) is 5.76 Å². The van der Waals surface area contributed by atoms with Crippen molar-refractivity contribution in [1.82, 2.24) is 5.16 Å². The quantitative estimate of drug-likeness (QED) is 0.339. The van der Waals surface area contributed by atoms with Gasteiger partial charge >= 0.3 is 12.3 Å². The molecule has 1 N–H and O–H groups in total. The van der Waals surface area contributed by atoms with Gasteiger partial charge in [0.1, 0.15) is 30.4 Å². The average Bonchev–Trinajstić information content (AvgIpc) is 3.14. The third-order valence-corrected chi connectivity index (χ3v) is 4.17. The highest BCUT2D eigenvalue weighted by Crippen LogP contribution is 2.30. The zero-order chi connectivity index (χ0) is 23.8. The molecule has 3 aromatic rings. The molecule has 0 radical (unpaired) electrons. The van der Waals surface area contributed by atoms with Gasteiger partial charge < -0.3 is 23.9 Å². The van der Waals surface area contributed by atoms with Crippen LogP contribution in [0.15, 0.2) is 58.2 Å². The molecule has 1 aromatic heterocycles. The van der Waals surface area contributed by atoms with Crippen LogP contribution >= 0.6 is 0 Å². The first kappa shape index (κ1) is 23.6. The molecule has 0 atom stereocenters. The first-order valence-electron chi connectivity index (χ1n) is 9.68. The van der Waals surface area contributed by atoms with Gasteiger partial charge in [-0.25, -0.2) is 0 Å². The van der Waals surface area contributed by atoms with Crippen LogP contribution < -0.4 is 9.47 Å². The summed E-state index contributed by atoms with van der Waals surface area (Å²) >= 11 is 0. The summed E-state index contributed by atoms with van der Waals surface area (Å²) < 4.78 is 52.2. The second kappa shape index (κ2) is 10.5. The molecule has 8 nitrogen and oxygen atoms in total. The van der Waals surface area contributed by atoms with E-state index in [9.17, 15) is 18.0 Å². The summed E-state index contributed by atoms with van der Waals surface area (Å²) in [6.07, 6.45) is -3.57. The van der Waals surface area contributed by atoms with Crippen molar-refractivity contribution in [2.45, 2.75) is 26.3 Å². The minimum absolute atomic E-state index is 0.0389. The highest BCUT2D eigenvalue weighted by molar-refractivity contribution is 5.89. The molecule has 3 rings (SSSR count). The lowest BCUT2D eigenvalue weighted by molar-refractivity contribution is -0.274. The van der Waals surface area contributed by atoms with Crippen molar-refractivity contribution in [1.29, 1.82) is 0 Å². The number of hydrogen-bond donors (Lipinski definition) is 1. The number of carboxylic acid groups (broad SMARTS) is 1. The van der Waals surface area contributed by atoms with Crippen LogP contribution in [0.25, 0.3) is 11.3 Å². The number of alkyl halides is 3. The SMILES string of the molecule is CCO/N=C/c1c(COc2cccc(CC(=O)O)c2)noc1-c1ccc(OC(F)(F)F)cc1. The van der Waals surface area contributed by atoms with Gasteiger partial charge in [0, 0.05) is 5.56 Å². The molecule has 0 bridgehead atoms. The Kier molecular flexibility index (Phi) is 7.54. The number of aliphatic carboxylic acids is 1. The van der Waals surface area contributed by atoms with Gasteiger partial charge in [0.25, 0.3) is 0 Å². The summed E-state index contributed by atoms with van der Waals surface area (Å²) in [5.74, 6) is -0.663. The van der Waals surface area contributed by atoms with Gasteiger partial charge in [-0.05, 0) is 48.9 Å². The summed E-state index contributed by atoms with van der Waals surface area (Å²) in [5, 5.41) is 16.7. The van der Waals surface area contributed by atoms with Crippen LogP contribution in [0, 0.1) is 0 Å². The van der Waals surface area contributed by atoms with Gasteiger partial charge in [-0.15, -0.1) is 13.2 Å². The molecule has 0 spiro atoms. The topological polar surface area (TPSA) is 103 Å². The van der Waals surface area contributed by atoms with Gasteiger partial charge in [0.05, 0.1) is 18.2 Å². The number of oxime groups is 1. The van der Waals surface area contributed by atoms with Crippen molar-refractivity contribution in [2.24, 2.45) is 5.16 Å². The van der Waals surface area contributed by atoms with E-state index in [1.54, 1.807) is 31.2 Å². The maximum absolute atomic E-state index is 12.4. The van der Waals surface area contributed by atoms with Crippen LogP contribution in [0.3, 0.4) is 0 Å². The smallest absolute Gasteiger partial charge is 0.487 e. The van der Waals surface area contributed by atoms with E-state index < -0.39 is 12.3 Å². The molecule has 0 aliphatic heterocycles. The van der Waals surface area contributed by atoms with Crippen molar-refractivity contribution in [3.05, 3.63) is 65.4 Å². The Balaban J connectivity index is 1.82. The summed E-state index contributed by atoms with van der Waals surface area (Å²) in [4.78, 5) is 15.9. The lowest BCUT2D eigenvalue weighted by atomic mass is 10.1. The second-order valence-electron chi connectivity index (χ2n) is 6.60. The number of ether oxygens (including phenoxy) is 2. The molecule has 2 aromatic carbocycles. The van der Waals surface area contributed by atoms with Gasteiger partial charge in [-0.1, -0.05) is 22.4 Å².